The van der Waals surface area contributed by atoms with Gasteiger partial charge in [0.25, 0.3) is 0 Å². The fourth-order valence-corrected chi connectivity index (χ4v) is 5.49. The van der Waals surface area contributed by atoms with E-state index in [-0.39, 0.29) is 0 Å². The second-order valence-electron chi connectivity index (χ2n) is 10.6. The van der Waals surface area contributed by atoms with Crippen molar-refractivity contribution < 1.29 is 4.74 Å². The van der Waals surface area contributed by atoms with Gasteiger partial charge in [0.1, 0.15) is 11.8 Å². The highest BCUT2D eigenvalue weighted by molar-refractivity contribution is 5.92. The quantitative estimate of drug-likeness (QED) is 0.331. The molecule has 3 aromatic heterocycles. The lowest BCUT2D eigenvalue weighted by molar-refractivity contribution is 0.0280. The van der Waals surface area contributed by atoms with Crippen molar-refractivity contribution in [3.8, 4) is 11.1 Å². The van der Waals surface area contributed by atoms with Crippen molar-refractivity contribution in [2.24, 2.45) is 11.8 Å². The molecule has 1 aliphatic heterocycles. The van der Waals surface area contributed by atoms with Crippen molar-refractivity contribution in [2.75, 3.05) is 38.6 Å². The Balaban J connectivity index is 1.29. The summed E-state index contributed by atoms with van der Waals surface area (Å²) in [6.45, 7) is 10.2. The smallest absolute Gasteiger partial charge is 0.151 e. The molecule has 0 bridgehead atoms. The first-order valence-corrected chi connectivity index (χ1v) is 13.5. The molecule has 6 rings (SSSR count). The summed E-state index contributed by atoms with van der Waals surface area (Å²) in [6.07, 6.45) is 4.56. The molecular weight excluding hydrogens is 474 g/mol. The Kier molecular flexibility index (Phi) is 6.82. The normalized spacial score (nSPS) is 16.3. The van der Waals surface area contributed by atoms with Crippen molar-refractivity contribution in [3.05, 3.63) is 78.4 Å². The fourth-order valence-electron chi connectivity index (χ4n) is 5.49. The van der Waals surface area contributed by atoms with Gasteiger partial charge < -0.3 is 10.5 Å². The lowest BCUT2D eigenvalue weighted by Gasteiger charge is -2.31. The highest BCUT2D eigenvalue weighted by atomic mass is 16.5. The number of rotatable bonds is 8. The van der Waals surface area contributed by atoms with Gasteiger partial charge in [-0.3, -0.25) is 9.58 Å². The molecule has 2 atom stereocenters. The molecule has 5 aromatic rings. The Labute approximate surface area is 223 Å². The van der Waals surface area contributed by atoms with Crippen LogP contribution in [0.3, 0.4) is 0 Å². The van der Waals surface area contributed by atoms with Gasteiger partial charge in [0, 0.05) is 42.5 Å². The van der Waals surface area contributed by atoms with Gasteiger partial charge in [-0.15, -0.1) is 0 Å². The second kappa shape index (κ2) is 10.6. The molecule has 2 aromatic carbocycles. The maximum Gasteiger partial charge on any atom is 0.151 e. The third kappa shape index (κ3) is 5.01. The van der Waals surface area contributed by atoms with Crippen LogP contribution in [0.1, 0.15) is 25.1 Å². The van der Waals surface area contributed by atoms with Crippen LogP contribution in [-0.2, 0) is 17.7 Å². The van der Waals surface area contributed by atoms with E-state index in [0.717, 1.165) is 79.1 Å². The molecule has 0 saturated carbocycles. The Morgan fingerprint density at radius 2 is 1.82 bits per heavy atom. The average molecular weight is 510 g/mol. The summed E-state index contributed by atoms with van der Waals surface area (Å²) < 4.78 is 9.50. The minimum atomic E-state index is 0.483. The van der Waals surface area contributed by atoms with E-state index in [9.17, 15) is 0 Å². The SMILES string of the molecule is C[C@H](CN1CCOCC1)[C@@H](C)Cc1cc(-c2ccc3cn(Cc4ccccc4)nc3c2)c2c(N)ncnn12. The van der Waals surface area contributed by atoms with E-state index in [0.29, 0.717) is 17.7 Å². The summed E-state index contributed by atoms with van der Waals surface area (Å²) in [5.74, 6) is 1.52. The molecule has 0 aliphatic carbocycles. The van der Waals surface area contributed by atoms with Crippen LogP contribution in [0.5, 0.6) is 0 Å². The summed E-state index contributed by atoms with van der Waals surface area (Å²) in [5.41, 5.74) is 12.7. The number of aromatic nitrogens is 5. The van der Waals surface area contributed by atoms with Crippen LogP contribution in [0.2, 0.25) is 0 Å². The van der Waals surface area contributed by atoms with E-state index >= 15 is 0 Å². The third-order valence-electron chi connectivity index (χ3n) is 7.86. The summed E-state index contributed by atoms with van der Waals surface area (Å²) in [4.78, 5) is 6.83. The Bertz CT molecular complexity index is 1530. The minimum absolute atomic E-state index is 0.483. The molecule has 1 fully saturated rings. The van der Waals surface area contributed by atoms with Crippen LogP contribution in [0.15, 0.2) is 67.1 Å². The number of hydrogen-bond acceptors (Lipinski definition) is 6. The lowest BCUT2D eigenvalue weighted by atomic mass is 9.90. The van der Waals surface area contributed by atoms with Crippen molar-refractivity contribution in [1.29, 1.82) is 0 Å². The molecule has 0 radical (unpaired) electrons. The fraction of sp³-hybridized carbons (Fsp3) is 0.367. The van der Waals surface area contributed by atoms with Gasteiger partial charge >= 0.3 is 0 Å². The van der Waals surface area contributed by atoms with E-state index in [1.54, 1.807) is 6.33 Å². The van der Waals surface area contributed by atoms with Crippen LogP contribution >= 0.6 is 0 Å². The topological polar surface area (TPSA) is 86.5 Å². The zero-order valence-electron chi connectivity index (χ0n) is 22.1. The molecular formula is C30H35N7O. The predicted octanol–water partition coefficient (Wildman–Crippen LogP) is 4.52. The summed E-state index contributed by atoms with van der Waals surface area (Å²) in [5, 5.41) is 10.6. The number of ether oxygens (including phenoxy) is 1. The lowest BCUT2D eigenvalue weighted by Crippen LogP contribution is -2.40. The van der Waals surface area contributed by atoms with E-state index in [1.807, 2.05) is 15.3 Å². The molecule has 4 heterocycles. The van der Waals surface area contributed by atoms with Crippen molar-refractivity contribution in [3.63, 3.8) is 0 Å². The third-order valence-corrected chi connectivity index (χ3v) is 7.86. The molecule has 0 spiro atoms. The first kappa shape index (κ1) is 24.6. The van der Waals surface area contributed by atoms with Gasteiger partial charge in [0.15, 0.2) is 5.82 Å². The number of hydrogen-bond donors (Lipinski definition) is 1. The van der Waals surface area contributed by atoms with Gasteiger partial charge in [-0.25, -0.2) is 9.50 Å². The van der Waals surface area contributed by atoms with Crippen LogP contribution < -0.4 is 5.73 Å². The van der Waals surface area contributed by atoms with Crippen LogP contribution in [0.4, 0.5) is 5.82 Å². The highest BCUT2D eigenvalue weighted by Crippen LogP contribution is 2.33. The Morgan fingerprint density at radius 1 is 1.00 bits per heavy atom. The standard InChI is InChI=1S/C30H35N7O/c1-21(22(2)17-35-10-12-38-13-11-35)14-26-16-27(29-30(31)32-20-33-37(26)29)24-8-9-25-19-36(34-28(25)15-24)18-23-6-4-3-5-7-23/h3-9,15-16,19-22H,10-14,17-18H2,1-2H3,(H2,31,32,33)/t21-,22+/m0/s1. The van der Waals surface area contributed by atoms with E-state index in [2.05, 4.69) is 83.6 Å². The van der Waals surface area contributed by atoms with Crippen LogP contribution in [0.25, 0.3) is 27.5 Å². The Hall–Kier alpha value is -3.75. The summed E-state index contributed by atoms with van der Waals surface area (Å²) in [6, 6.07) is 19.1. The first-order chi connectivity index (χ1) is 18.5. The van der Waals surface area contributed by atoms with E-state index in [4.69, 9.17) is 15.6 Å². The number of benzene rings is 2. The van der Waals surface area contributed by atoms with Crippen molar-refractivity contribution >= 4 is 22.2 Å². The zero-order chi connectivity index (χ0) is 26.1. The summed E-state index contributed by atoms with van der Waals surface area (Å²) in [7, 11) is 0. The number of nitrogens with two attached hydrogens (primary N) is 1. The Morgan fingerprint density at radius 3 is 2.63 bits per heavy atom. The number of anilines is 1. The van der Waals surface area contributed by atoms with E-state index in [1.165, 1.54) is 5.56 Å². The zero-order valence-corrected chi connectivity index (χ0v) is 22.1. The highest BCUT2D eigenvalue weighted by Gasteiger charge is 2.22. The number of nitrogens with zero attached hydrogens (tertiary/aromatic N) is 6. The molecule has 8 heteroatoms. The largest absolute Gasteiger partial charge is 0.382 e. The van der Waals surface area contributed by atoms with Crippen molar-refractivity contribution in [1.82, 2.24) is 29.3 Å². The van der Waals surface area contributed by atoms with Gasteiger partial charge in [0.2, 0.25) is 0 Å². The van der Waals surface area contributed by atoms with Gasteiger partial charge in [0.05, 0.1) is 25.3 Å². The molecule has 2 N–H and O–H groups in total. The van der Waals surface area contributed by atoms with Crippen LogP contribution in [0, 0.1) is 11.8 Å². The number of morpholine rings is 1. The number of fused-ring (bicyclic) bond motifs is 2. The summed E-state index contributed by atoms with van der Waals surface area (Å²) >= 11 is 0. The predicted molar refractivity (Wildman–Crippen MR) is 151 cm³/mol. The maximum atomic E-state index is 6.41. The van der Waals surface area contributed by atoms with Gasteiger partial charge in [-0.05, 0) is 41.5 Å². The number of nitrogen functional groups attached to an aromatic ring is 1. The van der Waals surface area contributed by atoms with Crippen LogP contribution in [-0.4, -0.2) is 62.1 Å². The molecule has 38 heavy (non-hydrogen) atoms. The molecule has 0 amide bonds. The van der Waals surface area contributed by atoms with Crippen molar-refractivity contribution in [2.45, 2.75) is 26.8 Å². The molecule has 0 unspecified atom stereocenters. The first-order valence-electron chi connectivity index (χ1n) is 13.5. The average Bonchev–Trinajstić information content (AvgIpc) is 3.51. The maximum absolute atomic E-state index is 6.41. The van der Waals surface area contributed by atoms with Gasteiger partial charge in [-0.1, -0.05) is 56.3 Å². The monoisotopic (exact) mass is 509 g/mol. The molecule has 8 nitrogen and oxygen atoms in total. The minimum Gasteiger partial charge on any atom is -0.382 e. The van der Waals surface area contributed by atoms with Gasteiger partial charge in [-0.2, -0.15) is 10.2 Å². The molecule has 1 saturated heterocycles. The van der Waals surface area contributed by atoms with E-state index < -0.39 is 0 Å². The molecule has 1 aliphatic rings. The second-order valence-corrected chi connectivity index (χ2v) is 10.6. The molecule has 196 valence electrons.